The van der Waals surface area contributed by atoms with Crippen molar-refractivity contribution in [3.05, 3.63) is 24.3 Å². The number of sulfonamides is 1. The van der Waals surface area contributed by atoms with E-state index < -0.39 is 10.0 Å². The van der Waals surface area contributed by atoms with Crippen molar-refractivity contribution in [3.8, 4) is 5.75 Å². The fraction of sp³-hybridized carbons (Fsp3) is 0.611. The molecule has 7 nitrogen and oxygen atoms in total. The highest BCUT2D eigenvalue weighted by Crippen LogP contribution is 2.26. The molecule has 1 heterocycles. The van der Waals surface area contributed by atoms with Crippen molar-refractivity contribution in [3.63, 3.8) is 0 Å². The molecular weight excluding hydrogens is 390 g/mol. The molecule has 1 amide bonds. The number of halogens is 1. The molecule has 1 aromatic carbocycles. The Labute approximate surface area is 168 Å². The Morgan fingerprint density at radius 3 is 2.56 bits per heavy atom. The van der Waals surface area contributed by atoms with Gasteiger partial charge < -0.3 is 15.8 Å². The fourth-order valence-electron chi connectivity index (χ4n) is 3.04. The van der Waals surface area contributed by atoms with Gasteiger partial charge in [0.1, 0.15) is 5.75 Å². The number of benzene rings is 1. The number of rotatable bonds is 8. The second-order valence-corrected chi connectivity index (χ2v) is 8.64. The van der Waals surface area contributed by atoms with Crippen molar-refractivity contribution in [2.75, 3.05) is 19.6 Å². The Bertz CT molecular complexity index is 695. The minimum Gasteiger partial charge on any atom is -0.491 e. The van der Waals surface area contributed by atoms with Gasteiger partial charge in [0, 0.05) is 32.1 Å². The van der Waals surface area contributed by atoms with Crippen molar-refractivity contribution in [2.45, 2.75) is 56.6 Å². The normalized spacial score (nSPS) is 18.0. The first-order valence-corrected chi connectivity index (χ1v) is 10.5. The van der Waals surface area contributed by atoms with Gasteiger partial charge in [0.05, 0.1) is 11.0 Å². The van der Waals surface area contributed by atoms with Crippen molar-refractivity contribution in [2.24, 2.45) is 5.73 Å². The number of carbonyl (C=O) groups is 1. The van der Waals surface area contributed by atoms with Crippen LogP contribution in [0.15, 0.2) is 29.2 Å². The topological polar surface area (TPSA) is 102 Å². The van der Waals surface area contributed by atoms with E-state index >= 15 is 0 Å². The summed E-state index contributed by atoms with van der Waals surface area (Å²) in [7, 11) is -3.61. The van der Waals surface area contributed by atoms with E-state index in [1.807, 2.05) is 13.8 Å². The lowest BCUT2D eigenvalue weighted by atomic mass is 10.1. The van der Waals surface area contributed by atoms with E-state index in [0.29, 0.717) is 18.8 Å². The molecule has 1 saturated heterocycles. The van der Waals surface area contributed by atoms with Crippen LogP contribution in [0.4, 0.5) is 0 Å². The summed E-state index contributed by atoms with van der Waals surface area (Å²) in [4.78, 5) is 11.9. The Kier molecular flexibility index (Phi) is 9.52. The lowest BCUT2D eigenvalue weighted by molar-refractivity contribution is -0.121. The minimum absolute atomic E-state index is 0. The number of hydrogen-bond donors (Lipinski definition) is 2. The highest BCUT2D eigenvalue weighted by atomic mass is 35.5. The molecule has 154 valence electrons. The van der Waals surface area contributed by atoms with Gasteiger partial charge in [-0.3, -0.25) is 4.79 Å². The Hall–Kier alpha value is -1.35. The number of ether oxygens (including phenoxy) is 1. The maximum Gasteiger partial charge on any atom is 0.243 e. The van der Waals surface area contributed by atoms with E-state index in [1.54, 1.807) is 24.3 Å². The molecule has 1 atom stereocenters. The fourth-order valence-corrected chi connectivity index (χ4v) is 4.74. The number of nitrogens with zero attached hydrogens (tertiary/aromatic N) is 1. The van der Waals surface area contributed by atoms with Gasteiger partial charge in [0.25, 0.3) is 0 Å². The minimum atomic E-state index is -3.61. The Morgan fingerprint density at radius 1 is 1.30 bits per heavy atom. The van der Waals surface area contributed by atoms with Gasteiger partial charge >= 0.3 is 0 Å². The lowest BCUT2D eigenvalue weighted by Gasteiger charge is -2.34. The standard InChI is InChI=1S/C18H29N3O4S.ClH/c1-14(2)25-16-6-8-17(9-7-16)26(23,24)21-12-4-3-5-15(21)13-20-18(22)10-11-19;/h6-9,14-15H,3-5,10-13,19H2,1-2H3,(H,20,22);1H. The quantitative estimate of drug-likeness (QED) is 0.670. The highest BCUT2D eigenvalue weighted by molar-refractivity contribution is 7.89. The second kappa shape index (κ2) is 10.8. The predicted octanol–water partition coefficient (Wildman–Crippen LogP) is 1.90. The second-order valence-electron chi connectivity index (χ2n) is 6.75. The summed E-state index contributed by atoms with van der Waals surface area (Å²) in [5, 5.41) is 2.79. The lowest BCUT2D eigenvalue weighted by Crippen LogP contribution is -2.49. The number of nitrogens with two attached hydrogens (primary N) is 1. The summed E-state index contributed by atoms with van der Waals surface area (Å²) in [6.07, 6.45) is 2.78. The van der Waals surface area contributed by atoms with Crippen LogP contribution in [-0.4, -0.2) is 50.4 Å². The average molecular weight is 420 g/mol. The molecule has 1 aliphatic rings. The van der Waals surface area contributed by atoms with Crippen LogP contribution < -0.4 is 15.8 Å². The molecule has 9 heteroatoms. The van der Waals surface area contributed by atoms with E-state index in [1.165, 1.54) is 4.31 Å². The highest BCUT2D eigenvalue weighted by Gasteiger charge is 2.33. The van der Waals surface area contributed by atoms with E-state index in [9.17, 15) is 13.2 Å². The largest absolute Gasteiger partial charge is 0.491 e. The smallest absolute Gasteiger partial charge is 0.243 e. The summed E-state index contributed by atoms with van der Waals surface area (Å²) in [6, 6.07) is 6.27. The van der Waals surface area contributed by atoms with Crippen molar-refractivity contribution in [1.82, 2.24) is 9.62 Å². The number of carbonyl (C=O) groups excluding carboxylic acids is 1. The molecular formula is C18H30ClN3O4S. The number of piperidine rings is 1. The molecule has 0 radical (unpaired) electrons. The maximum atomic E-state index is 13.1. The van der Waals surface area contributed by atoms with Crippen LogP contribution in [-0.2, 0) is 14.8 Å². The number of amides is 1. The van der Waals surface area contributed by atoms with Gasteiger partial charge in [-0.1, -0.05) is 6.42 Å². The van der Waals surface area contributed by atoms with Crippen LogP contribution in [0.2, 0.25) is 0 Å². The zero-order valence-corrected chi connectivity index (χ0v) is 17.5. The number of hydrogen-bond acceptors (Lipinski definition) is 5. The molecule has 27 heavy (non-hydrogen) atoms. The van der Waals surface area contributed by atoms with E-state index in [2.05, 4.69) is 5.32 Å². The monoisotopic (exact) mass is 419 g/mol. The van der Waals surface area contributed by atoms with Crippen LogP contribution >= 0.6 is 12.4 Å². The predicted molar refractivity (Wildman–Crippen MR) is 108 cm³/mol. The van der Waals surface area contributed by atoms with Crippen molar-refractivity contribution < 1.29 is 17.9 Å². The molecule has 0 aliphatic carbocycles. The van der Waals surface area contributed by atoms with E-state index in [-0.39, 0.29) is 48.3 Å². The van der Waals surface area contributed by atoms with Gasteiger partial charge in [-0.25, -0.2) is 8.42 Å². The van der Waals surface area contributed by atoms with Crippen molar-refractivity contribution >= 4 is 28.3 Å². The first-order chi connectivity index (χ1) is 12.3. The molecule has 0 bridgehead atoms. The van der Waals surface area contributed by atoms with Crippen LogP contribution in [0, 0.1) is 0 Å². The molecule has 1 fully saturated rings. The third kappa shape index (κ3) is 6.64. The molecule has 1 unspecified atom stereocenters. The summed E-state index contributed by atoms with van der Waals surface area (Å²) in [6.45, 7) is 4.89. The zero-order chi connectivity index (χ0) is 19.2. The van der Waals surface area contributed by atoms with Crippen LogP contribution in [0.25, 0.3) is 0 Å². The summed E-state index contributed by atoms with van der Waals surface area (Å²) in [5.41, 5.74) is 5.38. The molecule has 2 rings (SSSR count). The SMILES string of the molecule is CC(C)Oc1ccc(S(=O)(=O)N2CCCCC2CNC(=O)CCN)cc1.Cl. The molecule has 0 spiro atoms. The van der Waals surface area contributed by atoms with Gasteiger partial charge in [0.2, 0.25) is 15.9 Å². The molecule has 1 aromatic rings. The summed E-state index contributed by atoms with van der Waals surface area (Å²) < 4.78 is 33.2. The zero-order valence-electron chi connectivity index (χ0n) is 15.9. The third-order valence-corrected chi connectivity index (χ3v) is 6.25. The molecule has 3 N–H and O–H groups in total. The van der Waals surface area contributed by atoms with Crippen molar-refractivity contribution in [1.29, 1.82) is 0 Å². The first kappa shape index (κ1) is 23.7. The van der Waals surface area contributed by atoms with Crippen LogP contribution in [0.3, 0.4) is 0 Å². The van der Waals surface area contributed by atoms with E-state index in [0.717, 1.165) is 19.3 Å². The van der Waals surface area contributed by atoms with Gasteiger partial charge in [-0.15, -0.1) is 12.4 Å². The van der Waals surface area contributed by atoms with Gasteiger partial charge in [-0.05, 0) is 51.0 Å². The molecule has 1 aliphatic heterocycles. The summed E-state index contributed by atoms with van der Waals surface area (Å²) >= 11 is 0. The van der Waals surface area contributed by atoms with Crippen LogP contribution in [0.5, 0.6) is 5.75 Å². The Balaban J connectivity index is 0.00000364. The first-order valence-electron chi connectivity index (χ1n) is 9.10. The average Bonchev–Trinajstić information content (AvgIpc) is 2.60. The number of nitrogens with one attached hydrogen (secondary N) is 1. The molecule has 0 aromatic heterocycles. The van der Waals surface area contributed by atoms with Crippen LogP contribution in [0.1, 0.15) is 39.5 Å². The Morgan fingerprint density at radius 2 is 1.96 bits per heavy atom. The van der Waals surface area contributed by atoms with Gasteiger partial charge in [-0.2, -0.15) is 4.31 Å². The van der Waals surface area contributed by atoms with E-state index in [4.69, 9.17) is 10.5 Å². The maximum absolute atomic E-state index is 13.1. The van der Waals surface area contributed by atoms with Gasteiger partial charge in [0.15, 0.2) is 0 Å². The summed E-state index contributed by atoms with van der Waals surface area (Å²) in [5.74, 6) is 0.494. The third-order valence-electron chi connectivity index (χ3n) is 4.28. The molecule has 0 saturated carbocycles.